The maximum Gasteiger partial charge on any atom is 0.320 e. The summed E-state index contributed by atoms with van der Waals surface area (Å²) in [6.07, 6.45) is 0.995. The highest BCUT2D eigenvalue weighted by Gasteiger charge is 2.33. The molecule has 0 spiro atoms. The molecule has 0 radical (unpaired) electrons. The minimum Gasteiger partial charge on any atom is -0.480 e. The fourth-order valence-electron chi connectivity index (χ4n) is 1.71. The third kappa shape index (κ3) is 1.71. The number of nitrogens with one attached hydrogen (secondary N) is 1. The zero-order valence-corrected chi connectivity index (χ0v) is 7.00. The van der Waals surface area contributed by atoms with Gasteiger partial charge < -0.3 is 10.4 Å². The van der Waals surface area contributed by atoms with Gasteiger partial charge in [-0.1, -0.05) is 13.8 Å². The Kier molecular flexibility index (Phi) is 2.49. The second-order valence-corrected chi connectivity index (χ2v) is 3.47. The van der Waals surface area contributed by atoms with E-state index in [-0.39, 0.29) is 6.04 Å². The maximum atomic E-state index is 10.7. The fraction of sp³-hybridized carbons (Fsp3) is 0.875. The van der Waals surface area contributed by atoms with Crippen molar-refractivity contribution >= 4 is 5.97 Å². The average molecular weight is 157 g/mol. The smallest absolute Gasteiger partial charge is 0.320 e. The molecule has 1 rings (SSSR count). The largest absolute Gasteiger partial charge is 0.480 e. The van der Waals surface area contributed by atoms with Crippen LogP contribution in [0.4, 0.5) is 0 Å². The lowest BCUT2D eigenvalue weighted by atomic mass is 9.89. The highest BCUT2D eigenvalue weighted by molar-refractivity contribution is 5.74. The number of aliphatic carboxylic acids is 1. The number of carboxylic acid groups (broad SMARTS) is 1. The standard InChI is InChI=1S/C8H15NO2/c1-5(2)6-3-4-9-7(6)8(10)11/h5-7,9H,3-4H2,1-2H3,(H,10,11)/t6-,7+/m1/s1. The first-order chi connectivity index (χ1) is 5.13. The fourth-order valence-corrected chi connectivity index (χ4v) is 1.71. The number of rotatable bonds is 2. The molecule has 1 heterocycles. The van der Waals surface area contributed by atoms with Crippen LogP contribution < -0.4 is 5.32 Å². The molecule has 3 nitrogen and oxygen atoms in total. The van der Waals surface area contributed by atoms with Gasteiger partial charge in [-0.2, -0.15) is 0 Å². The Morgan fingerprint density at radius 1 is 1.64 bits per heavy atom. The van der Waals surface area contributed by atoms with Crippen molar-refractivity contribution in [2.45, 2.75) is 26.3 Å². The van der Waals surface area contributed by atoms with E-state index in [0.717, 1.165) is 13.0 Å². The monoisotopic (exact) mass is 157 g/mol. The summed E-state index contributed by atoms with van der Waals surface area (Å²) in [6, 6.07) is -0.310. The number of carbonyl (C=O) groups is 1. The summed E-state index contributed by atoms with van der Waals surface area (Å²) in [5, 5.41) is 11.8. The van der Waals surface area contributed by atoms with Gasteiger partial charge in [0.2, 0.25) is 0 Å². The highest BCUT2D eigenvalue weighted by Crippen LogP contribution is 2.23. The van der Waals surface area contributed by atoms with Crippen molar-refractivity contribution in [3.05, 3.63) is 0 Å². The van der Waals surface area contributed by atoms with E-state index in [0.29, 0.717) is 11.8 Å². The molecule has 1 aliphatic rings. The third-order valence-electron chi connectivity index (χ3n) is 2.39. The molecule has 3 heteroatoms. The SMILES string of the molecule is CC(C)[C@H]1CCN[C@@H]1C(=O)O. The molecule has 0 aromatic carbocycles. The number of hydrogen-bond acceptors (Lipinski definition) is 2. The summed E-state index contributed by atoms with van der Waals surface area (Å²) >= 11 is 0. The van der Waals surface area contributed by atoms with E-state index in [1.807, 2.05) is 0 Å². The summed E-state index contributed by atoms with van der Waals surface area (Å²) in [4.78, 5) is 10.7. The van der Waals surface area contributed by atoms with Crippen molar-refractivity contribution in [1.29, 1.82) is 0 Å². The first-order valence-corrected chi connectivity index (χ1v) is 4.09. The summed E-state index contributed by atoms with van der Waals surface area (Å²) in [5.41, 5.74) is 0. The van der Waals surface area contributed by atoms with E-state index in [1.165, 1.54) is 0 Å². The molecule has 1 saturated heterocycles. The van der Waals surface area contributed by atoms with Crippen LogP contribution in [0.3, 0.4) is 0 Å². The zero-order valence-electron chi connectivity index (χ0n) is 7.00. The van der Waals surface area contributed by atoms with E-state index in [4.69, 9.17) is 5.11 Å². The molecule has 0 bridgehead atoms. The molecule has 0 aliphatic carbocycles. The van der Waals surface area contributed by atoms with Crippen LogP contribution in [-0.2, 0) is 4.79 Å². The summed E-state index contributed by atoms with van der Waals surface area (Å²) < 4.78 is 0. The van der Waals surface area contributed by atoms with Crippen LogP contribution in [0.5, 0.6) is 0 Å². The van der Waals surface area contributed by atoms with E-state index >= 15 is 0 Å². The Morgan fingerprint density at radius 2 is 2.27 bits per heavy atom. The molecular formula is C8H15NO2. The quantitative estimate of drug-likeness (QED) is 0.620. The summed E-state index contributed by atoms with van der Waals surface area (Å²) in [5.74, 6) is 0.0693. The van der Waals surface area contributed by atoms with Crippen LogP contribution in [0.25, 0.3) is 0 Å². The van der Waals surface area contributed by atoms with Crippen LogP contribution >= 0.6 is 0 Å². The lowest BCUT2D eigenvalue weighted by Crippen LogP contribution is -2.37. The lowest BCUT2D eigenvalue weighted by Gasteiger charge is -2.18. The minimum atomic E-state index is -0.707. The average Bonchev–Trinajstić information content (AvgIpc) is 2.32. The molecular weight excluding hydrogens is 142 g/mol. The van der Waals surface area contributed by atoms with Gasteiger partial charge in [0.1, 0.15) is 6.04 Å². The van der Waals surface area contributed by atoms with Gasteiger partial charge in [0.25, 0.3) is 0 Å². The van der Waals surface area contributed by atoms with Crippen LogP contribution in [0, 0.1) is 11.8 Å². The van der Waals surface area contributed by atoms with Gasteiger partial charge in [-0.15, -0.1) is 0 Å². The molecule has 0 unspecified atom stereocenters. The molecule has 1 aliphatic heterocycles. The van der Waals surface area contributed by atoms with Gasteiger partial charge in [0.05, 0.1) is 0 Å². The van der Waals surface area contributed by atoms with Crippen LogP contribution in [0.1, 0.15) is 20.3 Å². The Hall–Kier alpha value is -0.570. The lowest BCUT2D eigenvalue weighted by molar-refractivity contribution is -0.140. The van der Waals surface area contributed by atoms with E-state index in [1.54, 1.807) is 0 Å². The van der Waals surface area contributed by atoms with Crippen molar-refractivity contribution in [1.82, 2.24) is 5.32 Å². The van der Waals surface area contributed by atoms with Gasteiger partial charge in [0, 0.05) is 0 Å². The topological polar surface area (TPSA) is 49.3 Å². The second-order valence-electron chi connectivity index (χ2n) is 3.47. The van der Waals surface area contributed by atoms with Gasteiger partial charge in [-0.25, -0.2) is 0 Å². The van der Waals surface area contributed by atoms with Crippen molar-refractivity contribution in [3.8, 4) is 0 Å². The second kappa shape index (κ2) is 3.22. The van der Waals surface area contributed by atoms with Crippen LogP contribution in [0.2, 0.25) is 0 Å². The highest BCUT2D eigenvalue weighted by atomic mass is 16.4. The van der Waals surface area contributed by atoms with Crippen LogP contribution in [0.15, 0.2) is 0 Å². The predicted octanol–water partition coefficient (Wildman–Crippen LogP) is 0.705. The van der Waals surface area contributed by atoms with Crippen molar-refractivity contribution in [3.63, 3.8) is 0 Å². The molecule has 0 aromatic heterocycles. The van der Waals surface area contributed by atoms with Crippen LogP contribution in [-0.4, -0.2) is 23.7 Å². The van der Waals surface area contributed by atoms with Crippen molar-refractivity contribution in [2.24, 2.45) is 11.8 Å². The number of carboxylic acids is 1. The Labute approximate surface area is 66.8 Å². The molecule has 0 aromatic rings. The summed E-state index contributed by atoms with van der Waals surface area (Å²) in [7, 11) is 0. The third-order valence-corrected chi connectivity index (χ3v) is 2.39. The van der Waals surface area contributed by atoms with E-state index in [9.17, 15) is 4.79 Å². The minimum absolute atomic E-state index is 0.310. The van der Waals surface area contributed by atoms with Gasteiger partial charge >= 0.3 is 5.97 Å². The van der Waals surface area contributed by atoms with E-state index in [2.05, 4.69) is 19.2 Å². The van der Waals surface area contributed by atoms with Gasteiger partial charge in [0.15, 0.2) is 0 Å². The normalized spacial score (nSPS) is 31.2. The molecule has 2 N–H and O–H groups in total. The Balaban J connectivity index is 2.58. The molecule has 0 saturated carbocycles. The van der Waals surface area contributed by atoms with Gasteiger partial charge in [-0.05, 0) is 24.8 Å². The number of hydrogen-bond donors (Lipinski definition) is 2. The Bertz CT molecular complexity index is 156. The Morgan fingerprint density at radius 3 is 2.64 bits per heavy atom. The first-order valence-electron chi connectivity index (χ1n) is 4.09. The molecule has 11 heavy (non-hydrogen) atoms. The maximum absolute atomic E-state index is 10.7. The van der Waals surface area contributed by atoms with E-state index < -0.39 is 5.97 Å². The van der Waals surface area contributed by atoms with Crippen molar-refractivity contribution < 1.29 is 9.90 Å². The zero-order chi connectivity index (χ0) is 8.43. The van der Waals surface area contributed by atoms with Crippen molar-refractivity contribution in [2.75, 3.05) is 6.54 Å². The molecule has 2 atom stereocenters. The summed E-state index contributed by atoms with van der Waals surface area (Å²) in [6.45, 7) is 5.00. The first kappa shape index (κ1) is 8.53. The molecule has 1 fully saturated rings. The molecule has 64 valence electrons. The molecule has 0 amide bonds. The van der Waals surface area contributed by atoms with Gasteiger partial charge in [-0.3, -0.25) is 4.79 Å². The predicted molar refractivity (Wildman–Crippen MR) is 42.4 cm³/mol.